The molecule has 4 rings (SSSR count). The van der Waals surface area contributed by atoms with E-state index in [0.717, 1.165) is 49.6 Å². The lowest BCUT2D eigenvalue weighted by Crippen LogP contribution is -2.31. The van der Waals surface area contributed by atoms with Crippen LogP contribution in [0.1, 0.15) is 43.2 Å². The lowest BCUT2D eigenvalue weighted by molar-refractivity contribution is -0.132. The molecule has 0 aliphatic carbocycles. The first-order valence-electron chi connectivity index (χ1n) is 10.2. The number of carbonyl (C=O) groups excluding carboxylic acids is 1. The van der Waals surface area contributed by atoms with Crippen molar-refractivity contribution in [1.29, 1.82) is 0 Å². The zero-order valence-electron chi connectivity index (χ0n) is 17.0. The Kier molecular flexibility index (Phi) is 6.02. The summed E-state index contributed by atoms with van der Waals surface area (Å²) in [6.45, 7) is 3.54. The summed E-state index contributed by atoms with van der Waals surface area (Å²) in [4.78, 5) is 27.5. The van der Waals surface area contributed by atoms with Crippen LogP contribution in [0.5, 0.6) is 0 Å². The van der Waals surface area contributed by atoms with E-state index in [4.69, 9.17) is 0 Å². The highest BCUT2D eigenvalue weighted by atomic mass is 19.1. The molecule has 1 fully saturated rings. The maximum Gasteiger partial charge on any atom is 0.223 e. The van der Waals surface area contributed by atoms with Crippen LogP contribution in [0, 0.1) is 12.7 Å². The number of anilines is 2. The highest BCUT2D eigenvalue weighted by Gasteiger charge is 2.30. The van der Waals surface area contributed by atoms with Crippen molar-refractivity contribution in [2.75, 3.05) is 11.9 Å². The van der Waals surface area contributed by atoms with E-state index in [-0.39, 0.29) is 17.8 Å². The van der Waals surface area contributed by atoms with E-state index in [2.05, 4.69) is 24.8 Å². The van der Waals surface area contributed by atoms with Gasteiger partial charge in [-0.1, -0.05) is 0 Å². The number of likely N-dealkylation sites (tertiary alicyclic amines) is 1. The molecule has 0 aromatic carbocycles. The van der Waals surface area contributed by atoms with Crippen molar-refractivity contribution in [3.05, 3.63) is 66.4 Å². The smallest absolute Gasteiger partial charge is 0.223 e. The molecule has 0 saturated carbocycles. The van der Waals surface area contributed by atoms with Gasteiger partial charge in [0.15, 0.2) is 0 Å². The van der Waals surface area contributed by atoms with Crippen LogP contribution in [-0.4, -0.2) is 36.9 Å². The van der Waals surface area contributed by atoms with Crippen molar-refractivity contribution in [3.8, 4) is 0 Å². The van der Waals surface area contributed by atoms with Crippen LogP contribution in [0.25, 0.3) is 0 Å². The second-order valence-electron chi connectivity index (χ2n) is 7.47. The third-order valence-electron chi connectivity index (χ3n) is 5.41. The SMILES string of the molecule is Cc1nccn1CCCC(=O)N1CCC[C@H]1c1ccc(Nc2ccc(F)cn2)cn1. The van der Waals surface area contributed by atoms with E-state index in [9.17, 15) is 9.18 Å². The average molecular weight is 408 g/mol. The van der Waals surface area contributed by atoms with Crippen LogP contribution < -0.4 is 5.32 Å². The molecule has 1 amide bonds. The van der Waals surface area contributed by atoms with E-state index in [1.54, 1.807) is 18.5 Å². The normalized spacial score (nSPS) is 16.1. The van der Waals surface area contributed by atoms with E-state index in [0.29, 0.717) is 12.2 Å². The summed E-state index contributed by atoms with van der Waals surface area (Å²) >= 11 is 0. The first kappa shape index (κ1) is 20.0. The molecule has 1 atom stereocenters. The molecule has 1 aliphatic rings. The van der Waals surface area contributed by atoms with Crippen molar-refractivity contribution >= 4 is 17.4 Å². The van der Waals surface area contributed by atoms with Gasteiger partial charge in [0, 0.05) is 31.9 Å². The lowest BCUT2D eigenvalue weighted by atomic mass is 10.1. The quantitative estimate of drug-likeness (QED) is 0.639. The molecule has 3 aromatic rings. The molecule has 4 heterocycles. The molecule has 30 heavy (non-hydrogen) atoms. The summed E-state index contributed by atoms with van der Waals surface area (Å²) in [6, 6.07) is 6.80. The molecule has 156 valence electrons. The van der Waals surface area contributed by atoms with Crippen molar-refractivity contribution in [2.24, 2.45) is 0 Å². The number of rotatable bonds is 7. The predicted octanol–water partition coefficient (Wildman–Crippen LogP) is 4.01. The second kappa shape index (κ2) is 9.02. The zero-order valence-corrected chi connectivity index (χ0v) is 17.0. The van der Waals surface area contributed by atoms with Crippen LogP contribution >= 0.6 is 0 Å². The van der Waals surface area contributed by atoms with Gasteiger partial charge >= 0.3 is 0 Å². The fourth-order valence-electron chi connectivity index (χ4n) is 3.83. The largest absolute Gasteiger partial charge is 0.339 e. The molecule has 7 nitrogen and oxygen atoms in total. The van der Waals surface area contributed by atoms with E-state index in [1.807, 2.05) is 30.2 Å². The number of aryl methyl sites for hydroxylation is 2. The number of aromatic nitrogens is 4. The summed E-state index contributed by atoms with van der Waals surface area (Å²) in [5.74, 6) is 1.32. The molecule has 1 aliphatic heterocycles. The molecule has 0 unspecified atom stereocenters. The maximum atomic E-state index is 13.0. The number of halogens is 1. The molecule has 0 radical (unpaired) electrons. The molecule has 1 saturated heterocycles. The number of imidazole rings is 1. The minimum Gasteiger partial charge on any atom is -0.339 e. The van der Waals surface area contributed by atoms with Gasteiger partial charge in [-0.2, -0.15) is 0 Å². The van der Waals surface area contributed by atoms with Gasteiger partial charge in [0.2, 0.25) is 5.91 Å². The highest BCUT2D eigenvalue weighted by Crippen LogP contribution is 2.32. The standard InChI is InChI=1S/C22H25FN6O/c1-16-24-10-13-28(16)11-3-5-22(30)29-12-2-4-20(29)19-8-7-18(15-25-19)27-21-9-6-17(23)14-26-21/h6-10,13-15,20H,2-5,11-12H2,1H3,(H,26,27)/t20-/m0/s1. The minimum atomic E-state index is -0.375. The van der Waals surface area contributed by atoms with Gasteiger partial charge in [0.05, 0.1) is 29.8 Å². The fourth-order valence-corrected chi connectivity index (χ4v) is 3.83. The summed E-state index contributed by atoms with van der Waals surface area (Å²) in [7, 11) is 0. The van der Waals surface area contributed by atoms with Gasteiger partial charge in [-0.05, 0) is 50.5 Å². The van der Waals surface area contributed by atoms with Crippen LogP contribution in [0.3, 0.4) is 0 Å². The van der Waals surface area contributed by atoms with Crippen molar-refractivity contribution in [3.63, 3.8) is 0 Å². The van der Waals surface area contributed by atoms with Crippen molar-refractivity contribution in [2.45, 2.75) is 45.2 Å². The van der Waals surface area contributed by atoms with Crippen LogP contribution in [0.15, 0.2) is 49.1 Å². The van der Waals surface area contributed by atoms with Gasteiger partial charge in [0.25, 0.3) is 0 Å². The van der Waals surface area contributed by atoms with Gasteiger partial charge in [-0.3, -0.25) is 9.78 Å². The number of carbonyl (C=O) groups is 1. The monoisotopic (exact) mass is 408 g/mol. The molecular formula is C22H25FN6O. The third-order valence-corrected chi connectivity index (χ3v) is 5.41. The maximum absolute atomic E-state index is 13.0. The third kappa shape index (κ3) is 4.64. The van der Waals surface area contributed by atoms with Crippen molar-refractivity contribution < 1.29 is 9.18 Å². The summed E-state index contributed by atoms with van der Waals surface area (Å²) in [6.07, 6.45) is 9.83. The molecule has 8 heteroatoms. The molecule has 3 aromatic heterocycles. The molecule has 0 bridgehead atoms. The average Bonchev–Trinajstić information content (AvgIpc) is 3.40. The van der Waals surface area contributed by atoms with E-state index < -0.39 is 0 Å². The van der Waals surface area contributed by atoms with Gasteiger partial charge in [-0.15, -0.1) is 0 Å². The summed E-state index contributed by atoms with van der Waals surface area (Å²) in [5, 5.41) is 3.10. The van der Waals surface area contributed by atoms with Crippen molar-refractivity contribution in [1.82, 2.24) is 24.4 Å². The number of hydrogen-bond acceptors (Lipinski definition) is 5. The zero-order chi connectivity index (χ0) is 20.9. The summed E-state index contributed by atoms with van der Waals surface area (Å²) in [5.41, 5.74) is 1.66. The Labute approximate surface area is 175 Å². The second-order valence-corrected chi connectivity index (χ2v) is 7.47. The Bertz CT molecular complexity index is 986. The van der Waals surface area contributed by atoms with Crippen LogP contribution in [-0.2, 0) is 11.3 Å². The number of pyridine rings is 2. The van der Waals surface area contributed by atoms with Gasteiger partial charge in [0.1, 0.15) is 17.5 Å². The highest BCUT2D eigenvalue weighted by molar-refractivity contribution is 5.77. The lowest BCUT2D eigenvalue weighted by Gasteiger charge is -2.24. The predicted molar refractivity (Wildman–Crippen MR) is 112 cm³/mol. The Hall–Kier alpha value is -3.29. The Morgan fingerprint density at radius 2 is 2.10 bits per heavy atom. The molecule has 0 spiro atoms. The number of nitrogens with one attached hydrogen (secondary N) is 1. The van der Waals surface area contributed by atoms with E-state index in [1.165, 1.54) is 12.3 Å². The molecular weight excluding hydrogens is 383 g/mol. The fraction of sp³-hybridized carbons (Fsp3) is 0.364. The first-order chi connectivity index (χ1) is 14.6. The first-order valence-corrected chi connectivity index (χ1v) is 10.2. The number of nitrogens with zero attached hydrogens (tertiary/aromatic N) is 5. The number of amides is 1. The number of hydrogen-bond donors (Lipinski definition) is 1. The minimum absolute atomic E-state index is 0.0190. The van der Waals surface area contributed by atoms with Gasteiger partial charge in [-0.25, -0.2) is 14.4 Å². The Balaban J connectivity index is 1.34. The summed E-state index contributed by atoms with van der Waals surface area (Å²) < 4.78 is 15.0. The topological polar surface area (TPSA) is 75.9 Å². The Morgan fingerprint density at radius 1 is 1.20 bits per heavy atom. The molecule has 1 N–H and O–H groups in total. The Morgan fingerprint density at radius 3 is 2.80 bits per heavy atom. The van der Waals surface area contributed by atoms with Gasteiger partial charge < -0.3 is 14.8 Å². The van der Waals surface area contributed by atoms with Crippen LogP contribution in [0.2, 0.25) is 0 Å². The van der Waals surface area contributed by atoms with Crippen LogP contribution in [0.4, 0.5) is 15.9 Å². The van der Waals surface area contributed by atoms with E-state index >= 15 is 0 Å².